The SMILES string of the molecule is CC[C@H](C(=O)NC(C)C)N(Cc1ccccc1C)C(=O)CN(c1cc(OC)ccc1OC)S(=O)(=O)c1ccccc1. The molecule has 1 N–H and O–H groups in total. The maximum Gasteiger partial charge on any atom is 0.264 e. The number of aryl methyl sites for hydroxylation is 1. The minimum absolute atomic E-state index is 0.00715. The summed E-state index contributed by atoms with van der Waals surface area (Å²) in [4.78, 5) is 29.0. The number of anilines is 1. The van der Waals surface area contributed by atoms with Crippen molar-refractivity contribution >= 4 is 27.5 Å². The van der Waals surface area contributed by atoms with E-state index >= 15 is 0 Å². The van der Waals surface area contributed by atoms with Crippen LogP contribution in [0, 0.1) is 6.92 Å². The molecule has 1 atom stereocenters. The highest BCUT2D eigenvalue weighted by molar-refractivity contribution is 7.92. The zero-order valence-electron chi connectivity index (χ0n) is 24.5. The highest BCUT2D eigenvalue weighted by atomic mass is 32.2. The van der Waals surface area contributed by atoms with Gasteiger partial charge in [-0.3, -0.25) is 13.9 Å². The lowest BCUT2D eigenvalue weighted by atomic mass is 10.1. The molecule has 0 aliphatic carbocycles. The van der Waals surface area contributed by atoms with Gasteiger partial charge in [0.05, 0.1) is 24.8 Å². The molecule has 0 saturated carbocycles. The largest absolute Gasteiger partial charge is 0.497 e. The van der Waals surface area contributed by atoms with E-state index in [4.69, 9.17) is 9.47 Å². The third-order valence-electron chi connectivity index (χ3n) is 6.68. The van der Waals surface area contributed by atoms with Gasteiger partial charge in [-0.1, -0.05) is 49.4 Å². The van der Waals surface area contributed by atoms with E-state index in [1.165, 1.54) is 37.3 Å². The van der Waals surface area contributed by atoms with Crippen LogP contribution in [0.15, 0.2) is 77.7 Å². The molecule has 10 heteroatoms. The molecule has 3 aromatic rings. The van der Waals surface area contributed by atoms with Gasteiger partial charge in [0.1, 0.15) is 24.1 Å². The van der Waals surface area contributed by atoms with Crippen LogP contribution in [-0.4, -0.2) is 58.0 Å². The maximum absolute atomic E-state index is 14.2. The van der Waals surface area contributed by atoms with Crippen molar-refractivity contribution in [3.05, 3.63) is 83.9 Å². The van der Waals surface area contributed by atoms with Crippen molar-refractivity contribution in [2.45, 2.75) is 57.6 Å². The van der Waals surface area contributed by atoms with Crippen LogP contribution < -0.4 is 19.1 Å². The van der Waals surface area contributed by atoms with Crippen molar-refractivity contribution in [2.75, 3.05) is 25.1 Å². The Morgan fingerprint density at radius 2 is 1.59 bits per heavy atom. The van der Waals surface area contributed by atoms with Crippen LogP contribution >= 0.6 is 0 Å². The van der Waals surface area contributed by atoms with Gasteiger partial charge in [-0.15, -0.1) is 0 Å². The summed E-state index contributed by atoms with van der Waals surface area (Å²) in [5.41, 5.74) is 1.94. The molecule has 0 aromatic heterocycles. The number of ether oxygens (including phenoxy) is 2. The first-order valence-corrected chi connectivity index (χ1v) is 14.9. The Morgan fingerprint density at radius 3 is 2.17 bits per heavy atom. The number of rotatable bonds is 13. The second kappa shape index (κ2) is 14.0. The number of methoxy groups -OCH3 is 2. The quantitative estimate of drug-likeness (QED) is 0.318. The van der Waals surface area contributed by atoms with E-state index in [1.807, 2.05) is 52.0 Å². The van der Waals surface area contributed by atoms with E-state index in [1.54, 1.807) is 30.3 Å². The highest BCUT2D eigenvalue weighted by Gasteiger charge is 2.35. The number of carbonyl (C=O) groups excluding carboxylic acids is 2. The number of nitrogens with one attached hydrogen (secondary N) is 1. The Bertz CT molecular complexity index is 1440. The minimum atomic E-state index is -4.24. The molecule has 3 aromatic carbocycles. The van der Waals surface area contributed by atoms with Gasteiger partial charge < -0.3 is 19.7 Å². The van der Waals surface area contributed by atoms with Gasteiger partial charge in [0.2, 0.25) is 11.8 Å². The smallest absolute Gasteiger partial charge is 0.264 e. The monoisotopic (exact) mass is 581 g/mol. The molecule has 0 bridgehead atoms. The summed E-state index contributed by atoms with van der Waals surface area (Å²) in [5, 5.41) is 2.90. The number of carbonyl (C=O) groups is 2. The summed E-state index contributed by atoms with van der Waals surface area (Å²) in [7, 11) is -1.35. The average molecular weight is 582 g/mol. The lowest BCUT2D eigenvalue weighted by Gasteiger charge is -2.34. The van der Waals surface area contributed by atoms with Crippen LogP contribution in [0.25, 0.3) is 0 Å². The van der Waals surface area contributed by atoms with Gasteiger partial charge >= 0.3 is 0 Å². The zero-order valence-corrected chi connectivity index (χ0v) is 25.3. The average Bonchev–Trinajstić information content (AvgIpc) is 2.96. The maximum atomic E-state index is 14.2. The number of hydrogen-bond acceptors (Lipinski definition) is 6. The van der Waals surface area contributed by atoms with Gasteiger partial charge in [-0.05, 0) is 62.6 Å². The van der Waals surface area contributed by atoms with E-state index < -0.39 is 28.5 Å². The first-order chi connectivity index (χ1) is 19.5. The normalized spacial score (nSPS) is 12.0. The van der Waals surface area contributed by atoms with Gasteiger partial charge in [0, 0.05) is 18.7 Å². The number of sulfonamides is 1. The molecule has 2 amide bonds. The Balaban J connectivity index is 2.15. The summed E-state index contributed by atoms with van der Waals surface area (Å²) in [6.45, 7) is 7.01. The Kier molecular flexibility index (Phi) is 10.8. The molecule has 0 heterocycles. The second-order valence-corrected chi connectivity index (χ2v) is 11.8. The fourth-order valence-corrected chi connectivity index (χ4v) is 5.93. The molecule has 3 rings (SSSR count). The number of amides is 2. The lowest BCUT2D eigenvalue weighted by Crippen LogP contribution is -2.53. The molecule has 9 nitrogen and oxygen atoms in total. The van der Waals surface area contributed by atoms with E-state index in [-0.39, 0.29) is 34.8 Å². The molecular formula is C31H39N3O6S. The molecule has 0 aliphatic rings. The van der Waals surface area contributed by atoms with Gasteiger partial charge in [0.25, 0.3) is 10.0 Å². The predicted molar refractivity (Wildman–Crippen MR) is 160 cm³/mol. The summed E-state index contributed by atoms with van der Waals surface area (Å²) < 4.78 is 40.0. The molecule has 220 valence electrons. The van der Waals surface area contributed by atoms with Crippen LogP contribution in [0.3, 0.4) is 0 Å². The van der Waals surface area contributed by atoms with Crippen molar-refractivity contribution in [2.24, 2.45) is 0 Å². The third-order valence-corrected chi connectivity index (χ3v) is 8.46. The van der Waals surface area contributed by atoms with Crippen molar-refractivity contribution < 1.29 is 27.5 Å². The first kappa shape index (κ1) is 31.5. The van der Waals surface area contributed by atoms with E-state index in [9.17, 15) is 18.0 Å². The van der Waals surface area contributed by atoms with Crippen molar-refractivity contribution in [3.8, 4) is 11.5 Å². The zero-order chi connectivity index (χ0) is 30.2. The van der Waals surface area contributed by atoms with Crippen LogP contribution in [0.2, 0.25) is 0 Å². The summed E-state index contributed by atoms with van der Waals surface area (Å²) in [6.07, 6.45) is 0.337. The van der Waals surface area contributed by atoms with E-state index in [0.717, 1.165) is 15.4 Å². The Morgan fingerprint density at radius 1 is 0.927 bits per heavy atom. The summed E-state index contributed by atoms with van der Waals surface area (Å²) in [6, 6.07) is 19.3. The molecule has 0 unspecified atom stereocenters. The molecule has 0 saturated heterocycles. The van der Waals surface area contributed by atoms with Crippen LogP contribution in [0.1, 0.15) is 38.3 Å². The molecule has 0 aliphatic heterocycles. The number of nitrogens with zero attached hydrogens (tertiary/aromatic N) is 2. The van der Waals surface area contributed by atoms with Crippen LogP contribution in [-0.2, 0) is 26.2 Å². The standard InChI is InChI=1S/C31H39N3O6S/c1-7-27(31(36)32-22(2)3)33(20-24-14-12-11-13-23(24)4)30(35)21-34(41(37,38)26-15-9-8-10-16-26)28-19-25(39-5)17-18-29(28)40-6/h8-19,22,27H,7,20-21H2,1-6H3,(H,32,36)/t27-/m1/s1. The van der Waals surface area contributed by atoms with Gasteiger partial charge in [0.15, 0.2) is 0 Å². The third kappa shape index (κ3) is 7.58. The van der Waals surface area contributed by atoms with E-state index in [2.05, 4.69) is 5.32 Å². The summed E-state index contributed by atoms with van der Waals surface area (Å²) >= 11 is 0. The van der Waals surface area contributed by atoms with Crippen LogP contribution in [0.5, 0.6) is 11.5 Å². The van der Waals surface area contributed by atoms with E-state index in [0.29, 0.717) is 12.2 Å². The van der Waals surface area contributed by atoms with Gasteiger partial charge in [-0.2, -0.15) is 0 Å². The minimum Gasteiger partial charge on any atom is -0.497 e. The molecule has 41 heavy (non-hydrogen) atoms. The molecule has 0 spiro atoms. The highest BCUT2D eigenvalue weighted by Crippen LogP contribution is 2.36. The predicted octanol–water partition coefficient (Wildman–Crippen LogP) is 4.54. The fourth-order valence-electron chi connectivity index (χ4n) is 4.50. The molecule has 0 radical (unpaired) electrons. The van der Waals surface area contributed by atoms with Crippen molar-refractivity contribution in [1.29, 1.82) is 0 Å². The number of hydrogen-bond donors (Lipinski definition) is 1. The van der Waals surface area contributed by atoms with Gasteiger partial charge in [-0.25, -0.2) is 8.42 Å². The second-order valence-electron chi connectivity index (χ2n) is 9.90. The Labute approximate surface area is 243 Å². The Hall–Kier alpha value is -4.05. The first-order valence-electron chi connectivity index (χ1n) is 13.5. The molecular weight excluding hydrogens is 542 g/mol. The molecule has 0 fully saturated rings. The number of benzene rings is 3. The van der Waals surface area contributed by atoms with Crippen molar-refractivity contribution in [3.63, 3.8) is 0 Å². The fraction of sp³-hybridized carbons (Fsp3) is 0.355. The lowest BCUT2D eigenvalue weighted by molar-refractivity contribution is -0.140. The summed E-state index contributed by atoms with van der Waals surface area (Å²) in [5.74, 6) is -0.210. The van der Waals surface area contributed by atoms with Crippen molar-refractivity contribution in [1.82, 2.24) is 10.2 Å². The topological polar surface area (TPSA) is 105 Å². The van der Waals surface area contributed by atoms with Crippen LogP contribution in [0.4, 0.5) is 5.69 Å².